The lowest BCUT2D eigenvalue weighted by Crippen LogP contribution is -2.44. The number of anilines is 2. The number of allylic oxidation sites excluding steroid dienone is 1. The molecule has 1 atom stereocenters. The highest BCUT2D eigenvalue weighted by Gasteiger charge is 2.45. The van der Waals surface area contributed by atoms with Gasteiger partial charge in [0.05, 0.1) is 17.0 Å². The summed E-state index contributed by atoms with van der Waals surface area (Å²) >= 11 is 0. The second-order valence-corrected chi connectivity index (χ2v) is 13.8. The molecule has 0 spiro atoms. The first kappa shape index (κ1) is 48.5. The number of carbonyl (C=O) groups excluding carboxylic acids is 4. The Balaban J connectivity index is 1.21. The number of esters is 2. The zero-order valence-corrected chi connectivity index (χ0v) is 33.1. The summed E-state index contributed by atoms with van der Waals surface area (Å²) in [7, 11) is 0. The predicted molar refractivity (Wildman–Crippen MR) is 217 cm³/mol. The van der Waals surface area contributed by atoms with Gasteiger partial charge in [-0.05, 0) is 120 Å². The molecular weight excluding hydrogens is 880 g/mol. The van der Waals surface area contributed by atoms with Gasteiger partial charge < -0.3 is 40.6 Å². The van der Waals surface area contributed by atoms with Crippen LogP contribution in [0.25, 0.3) is 12.2 Å². The van der Waals surface area contributed by atoms with Gasteiger partial charge in [-0.2, -0.15) is 35.1 Å². The minimum absolute atomic E-state index is 0.00508. The Hall–Kier alpha value is -7.58. The number of alkyl halides is 8. The lowest BCUT2D eigenvalue weighted by Gasteiger charge is -2.29. The van der Waals surface area contributed by atoms with E-state index < -0.39 is 78.2 Å². The van der Waals surface area contributed by atoms with Gasteiger partial charge in [0.25, 0.3) is 0 Å². The van der Waals surface area contributed by atoms with Gasteiger partial charge in [0, 0.05) is 17.8 Å². The highest BCUT2D eigenvalue weighted by molar-refractivity contribution is 6.01. The fourth-order valence-corrected chi connectivity index (χ4v) is 5.67. The highest BCUT2D eigenvalue weighted by atomic mass is 19.3. The quantitative estimate of drug-likeness (QED) is 0.0154. The smallest absolute Gasteiger partial charge is 0.428 e. The number of nitrogens with two attached hydrogens (primary N) is 2. The highest BCUT2D eigenvalue weighted by Crippen LogP contribution is 2.35. The maximum Gasteiger partial charge on any atom is 0.461 e. The molecule has 0 aromatic heterocycles. The molecule has 20 heteroatoms. The Morgan fingerprint density at radius 1 is 0.554 bits per heavy atom. The minimum Gasteiger partial charge on any atom is -0.428 e. The summed E-state index contributed by atoms with van der Waals surface area (Å²) in [5, 5.41) is 22.5. The van der Waals surface area contributed by atoms with Crippen LogP contribution in [0.15, 0.2) is 127 Å². The van der Waals surface area contributed by atoms with E-state index in [1.54, 1.807) is 0 Å². The summed E-state index contributed by atoms with van der Waals surface area (Å²) in [6.45, 7) is 0. The SMILES string of the molecule is Nc1cc(N)cc(C(CC(=O)/C=C/c2ccc(OC(=O)c3ccc(OC(F)(F)C(F)F)cc3)cc2)C(O)(O)C(=O)/C=C/c2ccc(OC(=O)c3ccc(OC(F)(F)C(F)F)cc3)cc2)c1. The first-order valence-corrected chi connectivity index (χ1v) is 18.6. The molecule has 0 aliphatic rings. The van der Waals surface area contributed by atoms with Crippen LogP contribution < -0.4 is 30.4 Å². The molecule has 5 aromatic carbocycles. The number of ether oxygens (including phenoxy) is 4. The molecule has 0 radical (unpaired) electrons. The number of halogens is 8. The topological polar surface area (TPSA) is 198 Å². The van der Waals surface area contributed by atoms with Crippen LogP contribution in [0.1, 0.15) is 49.7 Å². The van der Waals surface area contributed by atoms with Crippen molar-refractivity contribution in [3.8, 4) is 23.0 Å². The molecule has 6 N–H and O–H groups in total. The lowest BCUT2D eigenvalue weighted by atomic mass is 9.83. The molecule has 0 aliphatic carbocycles. The van der Waals surface area contributed by atoms with Crippen molar-refractivity contribution in [1.29, 1.82) is 0 Å². The number of carbonyl (C=O) groups is 4. The van der Waals surface area contributed by atoms with Crippen molar-refractivity contribution in [2.24, 2.45) is 0 Å². The van der Waals surface area contributed by atoms with Gasteiger partial charge in [-0.15, -0.1) is 0 Å². The Labute approximate surface area is 362 Å². The molecule has 0 fully saturated rings. The first-order valence-electron chi connectivity index (χ1n) is 18.6. The monoisotopic (exact) mass is 914 g/mol. The molecule has 12 nitrogen and oxygen atoms in total. The Bertz CT molecular complexity index is 2530. The Morgan fingerprint density at radius 2 is 0.923 bits per heavy atom. The van der Waals surface area contributed by atoms with E-state index in [0.29, 0.717) is 11.1 Å². The van der Waals surface area contributed by atoms with E-state index >= 15 is 0 Å². The van der Waals surface area contributed by atoms with Crippen LogP contribution >= 0.6 is 0 Å². The largest absolute Gasteiger partial charge is 0.461 e. The third kappa shape index (κ3) is 13.2. The van der Waals surface area contributed by atoms with Crippen LogP contribution in [0.5, 0.6) is 23.0 Å². The number of benzene rings is 5. The van der Waals surface area contributed by atoms with Gasteiger partial charge in [-0.1, -0.05) is 36.4 Å². The number of aliphatic hydroxyl groups is 2. The predicted octanol–water partition coefficient (Wildman–Crippen LogP) is 8.48. The normalized spacial score (nSPS) is 12.7. The molecule has 0 saturated carbocycles. The van der Waals surface area contributed by atoms with Gasteiger partial charge in [0.1, 0.15) is 23.0 Å². The van der Waals surface area contributed by atoms with Gasteiger partial charge >= 0.3 is 37.0 Å². The van der Waals surface area contributed by atoms with Crippen molar-refractivity contribution in [3.05, 3.63) is 155 Å². The summed E-state index contributed by atoms with van der Waals surface area (Å²) < 4.78 is 121. The molecule has 0 saturated heterocycles. The zero-order chi connectivity index (χ0) is 47.7. The molecule has 65 heavy (non-hydrogen) atoms. The summed E-state index contributed by atoms with van der Waals surface area (Å²) in [5.74, 6) is -9.84. The Morgan fingerprint density at radius 3 is 1.31 bits per heavy atom. The van der Waals surface area contributed by atoms with E-state index in [1.165, 1.54) is 78.9 Å². The van der Waals surface area contributed by atoms with E-state index in [9.17, 15) is 64.5 Å². The number of nitrogen functional groups attached to an aromatic ring is 2. The summed E-state index contributed by atoms with van der Waals surface area (Å²) in [4.78, 5) is 51.7. The molecule has 340 valence electrons. The third-order valence-corrected chi connectivity index (χ3v) is 8.92. The van der Waals surface area contributed by atoms with E-state index in [1.807, 2.05) is 0 Å². The second-order valence-electron chi connectivity index (χ2n) is 13.8. The van der Waals surface area contributed by atoms with E-state index in [0.717, 1.165) is 60.7 Å². The van der Waals surface area contributed by atoms with E-state index in [-0.39, 0.29) is 39.6 Å². The van der Waals surface area contributed by atoms with Crippen LogP contribution in [-0.4, -0.2) is 64.6 Å². The molecule has 0 amide bonds. The third-order valence-electron chi connectivity index (χ3n) is 8.92. The molecule has 5 aromatic rings. The number of hydrogen-bond acceptors (Lipinski definition) is 12. The standard InChI is InChI=1S/C45H34F8N2O10/c46-41(47)44(50,51)64-35-16-7-27(8-17-35)39(58)62-33-12-2-25(3-13-33)1-11-32(56)24-37(29-21-30(54)23-31(55)22-29)43(60,61)38(57)20-6-26-4-14-34(15-5-26)63-40(59)28-9-18-36(19-10-28)65-45(52,53)42(48)49/h1-23,37,41-42,60-61H,24,54-55H2/b11-1+,20-6+. The van der Waals surface area contributed by atoms with Crippen LogP contribution in [0, 0.1) is 0 Å². The molecular formula is C45H34F8N2O10. The van der Waals surface area contributed by atoms with Gasteiger partial charge in [-0.25, -0.2) is 9.59 Å². The van der Waals surface area contributed by atoms with Gasteiger partial charge in [0.15, 0.2) is 5.78 Å². The zero-order valence-electron chi connectivity index (χ0n) is 33.1. The Kier molecular flexibility index (Phi) is 15.1. The van der Waals surface area contributed by atoms with Crippen LogP contribution in [-0.2, 0) is 9.59 Å². The molecule has 0 bridgehead atoms. The second kappa shape index (κ2) is 20.3. The van der Waals surface area contributed by atoms with Crippen LogP contribution in [0.3, 0.4) is 0 Å². The van der Waals surface area contributed by atoms with E-state index in [4.69, 9.17) is 20.9 Å². The number of ketones is 2. The van der Waals surface area contributed by atoms with Gasteiger partial charge in [-0.3, -0.25) is 9.59 Å². The molecule has 1 unspecified atom stereocenters. The number of rotatable bonds is 19. The summed E-state index contributed by atoms with van der Waals surface area (Å²) in [5.41, 5.74) is 12.5. The maximum atomic E-state index is 13.3. The van der Waals surface area contributed by atoms with Gasteiger partial charge in [0.2, 0.25) is 11.6 Å². The lowest BCUT2D eigenvalue weighted by molar-refractivity contribution is -0.253. The number of hydrogen-bond donors (Lipinski definition) is 4. The van der Waals surface area contributed by atoms with Crippen molar-refractivity contribution in [3.63, 3.8) is 0 Å². The molecule has 0 aliphatic heterocycles. The average molecular weight is 915 g/mol. The molecule has 5 rings (SSSR count). The summed E-state index contributed by atoms with van der Waals surface area (Å²) in [6, 6.07) is 22.6. The fraction of sp³-hybridized carbons (Fsp3) is 0.156. The van der Waals surface area contributed by atoms with Crippen molar-refractivity contribution in [2.45, 2.75) is 43.2 Å². The molecule has 0 heterocycles. The summed E-state index contributed by atoms with van der Waals surface area (Å²) in [6.07, 6.45) is -13.8. The van der Waals surface area contributed by atoms with E-state index in [2.05, 4.69) is 9.47 Å². The van der Waals surface area contributed by atoms with Crippen molar-refractivity contribution in [2.75, 3.05) is 11.5 Å². The average Bonchev–Trinajstić information content (AvgIpc) is 3.24. The van der Waals surface area contributed by atoms with Crippen LogP contribution in [0.2, 0.25) is 0 Å². The van der Waals surface area contributed by atoms with Crippen molar-refractivity contribution < 1.29 is 83.5 Å². The van der Waals surface area contributed by atoms with Crippen molar-refractivity contribution in [1.82, 2.24) is 0 Å². The van der Waals surface area contributed by atoms with Crippen molar-refractivity contribution >= 4 is 47.0 Å². The first-order chi connectivity index (χ1) is 30.5. The fourth-order valence-electron chi connectivity index (χ4n) is 5.67. The maximum absolute atomic E-state index is 13.3. The minimum atomic E-state index is -4.74. The van der Waals surface area contributed by atoms with Crippen LogP contribution in [0.4, 0.5) is 46.5 Å².